The van der Waals surface area contributed by atoms with E-state index >= 15 is 0 Å². The molecule has 0 radical (unpaired) electrons. The molecule has 0 aliphatic heterocycles. The third kappa shape index (κ3) is 11.3. The zero-order chi connectivity index (χ0) is 51.3. The monoisotopic (exact) mass is 1040 g/mol. The Hall–Kier alpha value is -7.06. The Labute approximate surface area is 439 Å². The normalized spacial score (nSPS) is 11.8. The number of hydrogen-bond donors (Lipinski definition) is 0. The SMILES string of the molecule is COc1ccc(C[CH2][Ge]([c]2ccc(C)cc2)([c]2ccc(C)cc2)[c]2ccc(N(c3ccc(C)cc3)c3ccc(-c4ccc(N(c5ccc(C)cc5)c5ccc(O[Si](C)(C)C(C)(C)C)cc5)cc4)cc3)cc2)cc1. The van der Waals surface area contributed by atoms with Crippen LogP contribution in [0.15, 0.2) is 218 Å². The van der Waals surface area contributed by atoms with Gasteiger partial charge >= 0.3 is 302 Å². The molecule has 0 fully saturated rings. The summed E-state index contributed by atoms with van der Waals surface area (Å²) < 4.78 is 16.6. The average Bonchev–Trinajstić information content (AvgIpc) is 3.40. The number of benzene rings is 9. The molecule has 0 spiro atoms. The molecule has 9 aromatic rings. The predicted octanol–water partition coefficient (Wildman–Crippen LogP) is 16.6. The summed E-state index contributed by atoms with van der Waals surface area (Å²) in [5.74, 6) is 1.81. The van der Waals surface area contributed by atoms with Crippen molar-refractivity contribution < 1.29 is 9.16 Å². The number of aryl methyl sites for hydroxylation is 5. The van der Waals surface area contributed by atoms with E-state index in [2.05, 4.69) is 290 Å². The Morgan fingerprint density at radius 2 is 0.671 bits per heavy atom. The molecule has 0 aliphatic carbocycles. The van der Waals surface area contributed by atoms with Gasteiger partial charge in [0.15, 0.2) is 0 Å². The van der Waals surface area contributed by atoms with E-state index in [-0.39, 0.29) is 5.04 Å². The average molecular weight is 1040 g/mol. The summed E-state index contributed by atoms with van der Waals surface area (Å²) in [6.07, 6.45) is 0.977. The van der Waals surface area contributed by atoms with E-state index in [9.17, 15) is 0 Å². The van der Waals surface area contributed by atoms with Crippen LogP contribution in [0.2, 0.25) is 23.4 Å². The molecule has 0 aromatic heterocycles. The van der Waals surface area contributed by atoms with Crippen molar-refractivity contribution in [3.05, 3.63) is 246 Å². The molecule has 0 saturated heterocycles. The van der Waals surface area contributed by atoms with Crippen LogP contribution < -0.4 is 32.2 Å². The number of ether oxygens (including phenoxy) is 1. The van der Waals surface area contributed by atoms with Crippen molar-refractivity contribution in [3.8, 4) is 22.6 Å². The van der Waals surface area contributed by atoms with Gasteiger partial charge in [-0.3, -0.25) is 0 Å². The summed E-state index contributed by atoms with van der Waals surface area (Å²) in [5.41, 5.74) is 15.3. The van der Waals surface area contributed by atoms with Gasteiger partial charge < -0.3 is 9.33 Å². The standard InChI is InChI=1S/C67H70GeN2O2Si/c1-49-11-25-56(26-12-49)68(57-27-13-50(2)14-28-57,48-47-53-19-43-65(71-8)44-20-53)58-29-39-63(40-30-58)69(59-31-15-51(3)16-32-59)61-35-21-54(22-36-61)55-23-37-62(38-24-55)70(60-33-17-52(4)18-34-60)64-41-45-66(46-42-64)72-73(9,10)67(5,6)7/h11-46H,47-48H2,1-10H3. The topological polar surface area (TPSA) is 24.9 Å². The molecule has 6 heteroatoms. The Morgan fingerprint density at radius 3 is 1.01 bits per heavy atom. The third-order valence-corrected chi connectivity index (χ3v) is 29.9. The van der Waals surface area contributed by atoms with Gasteiger partial charge in [-0.05, 0) is 61.5 Å². The molecule has 0 heterocycles. The first-order valence-electron chi connectivity index (χ1n) is 25.7. The molecule has 0 N–H and O–H groups in total. The maximum atomic E-state index is 6.67. The van der Waals surface area contributed by atoms with E-state index in [1.165, 1.54) is 41.0 Å². The second-order valence-corrected chi connectivity index (χ2v) is 34.5. The summed E-state index contributed by atoms with van der Waals surface area (Å²) in [5, 5.41) is 1.20. The van der Waals surface area contributed by atoms with E-state index in [1.54, 1.807) is 7.11 Å². The summed E-state index contributed by atoms with van der Waals surface area (Å²) >= 11 is -3.32. The van der Waals surface area contributed by atoms with E-state index in [4.69, 9.17) is 9.16 Å². The van der Waals surface area contributed by atoms with Crippen LogP contribution in [0.25, 0.3) is 11.1 Å². The van der Waals surface area contributed by atoms with Gasteiger partial charge in [0.25, 0.3) is 0 Å². The van der Waals surface area contributed by atoms with Gasteiger partial charge in [-0.2, -0.15) is 0 Å². The van der Waals surface area contributed by atoms with Crippen LogP contribution in [0.3, 0.4) is 0 Å². The van der Waals surface area contributed by atoms with E-state index in [1.807, 2.05) is 0 Å². The van der Waals surface area contributed by atoms with E-state index < -0.39 is 21.6 Å². The van der Waals surface area contributed by atoms with Crippen molar-refractivity contribution >= 4 is 68.9 Å². The van der Waals surface area contributed by atoms with Crippen LogP contribution in [0, 0.1) is 27.7 Å². The third-order valence-electron chi connectivity index (χ3n) is 15.1. The molecule has 368 valence electrons. The predicted molar refractivity (Wildman–Crippen MR) is 317 cm³/mol. The van der Waals surface area contributed by atoms with Gasteiger partial charge in [-0.15, -0.1) is 0 Å². The fraction of sp³-hybridized carbons (Fsp3) is 0.194. The quantitative estimate of drug-likeness (QED) is 0.0901. The number of nitrogens with zero attached hydrogens (tertiary/aromatic N) is 2. The summed E-state index contributed by atoms with van der Waals surface area (Å²) in [7, 11) is -0.241. The second-order valence-electron chi connectivity index (χ2n) is 21.3. The van der Waals surface area contributed by atoms with E-state index in [0.717, 1.165) is 68.4 Å². The van der Waals surface area contributed by atoms with Gasteiger partial charge in [-0.1, -0.05) is 38.5 Å². The van der Waals surface area contributed by atoms with Crippen LogP contribution in [-0.2, 0) is 6.42 Å². The number of methoxy groups -OCH3 is 1. The molecule has 73 heavy (non-hydrogen) atoms. The molecule has 0 aliphatic rings. The second kappa shape index (κ2) is 21.6. The first-order valence-corrected chi connectivity index (χ1v) is 33.3. The van der Waals surface area contributed by atoms with Crippen molar-refractivity contribution in [3.63, 3.8) is 0 Å². The Bertz CT molecular complexity index is 3170. The minimum absolute atomic E-state index is 0.120. The fourth-order valence-corrected chi connectivity index (χ4v) is 20.6. The van der Waals surface area contributed by atoms with Gasteiger partial charge in [0.2, 0.25) is 8.32 Å². The summed E-state index contributed by atoms with van der Waals surface area (Å²) in [6, 6.07) is 81.3. The molecule has 9 rings (SSSR count). The summed E-state index contributed by atoms with van der Waals surface area (Å²) in [4.78, 5) is 4.71. The maximum absolute atomic E-state index is 6.67. The zero-order valence-corrected chi connectivity index (χ0v) is 47.5. The van der Waals surface area contributed by atoms with Crippen LogP contribution >= 0.6 is 0 Å². The molecule has 0 amide bonds. The Kier molecular flexibility index (Phi) is 15.0. The minimum atomic E-state index is -3.32. The molecular formula is C67H70GeN2O2Si. The van der Waals surface area contributed by atoms with Crippen molar-refractivity contribution in [1.82, 2.24) is 0 Å². The number of rotatable bonds is 16. The molecule has 0 unspecified atom stereocenters. The van der Waals surface area contributed by atoms with Crippen molar-refractivity contribution in [2.24, 2.45) is 0 Å². The van der Waals surface area contributed by atoms with Crippen LogP contribution in [0.5, 0.6) is 11.5 Å². The van der Waals surface area contributed by atoms with Crippen LogP contribution in [0.1, 0.15) is 48.6 Å². The fourth-order valence-electron chi connectivity index (χ4n) is 9.63. The Morgan fingerprint density at radius 1 is 0.384 bits per heavy atom. The van der Waals surface area contributed by atoms with Crippen molar-refractivity contribution in [1.29, 1.82) is 0 Å². The first-order chi connectivity index (χ1) is 35.1. The zero-order valence-electron chi connectivity index (χ0n) is 44.4. The van der Waals surface area contributed by atoms with Crippen LogP contribution in [0.4, 0.5) is 34.1 Å². The van der Waals surface area contributed by atoms with Gasteiger partial charge in [0.05, 0.1) is 0 Å². The molecule has 0 saturated carbocycles. The van der Waals surface area contributed by atoms with Gasteiger partial charge in [-0.25, -0.2) is 0 Å². The van der Waals surface area contributed by atoms with Crippen molar-refractivity contribution in [2.75, 3.05) is 16.9 Å². The van der Waals surface area contributed by atoms with E-state index in [0.29, 0.717) is 0 Å². The molecule has 4 nitrogen and oxygen atoms in total. The molecule has 0 bridgehead atoms. The first kappa shape index (κ1) is 50.9. The van der Waals surface area contributed by atoms with Gasteiger partial charge in [0.1, 0.15) is 5.75 Å². The Balaban J connectivity index is 1.04. The van der Waals surface area contributed by atoms with Gasteiger partial charge in [0, 0.05) is 17.1 Å². The van der Waals surface area contributed by atoms with Crippen molar-refractivity contribution in [2.45, 2.75) is 78.3 Å². The number of hydrogen-bond acceptors (Lipinski definition) is 4. The summed E-state index contributed by atoms with van der Waals surface area (Å²) in [6.45, 7) is 20.1. The number of anilines is 6. The van der Waals surface area contributed by atoms with Crippen LogP contribution in [-0.4, -0.2) is 28.7 Å². The molecular weight excluding hydrogens is 965 g/mol. The molecule has 0 atom stereocenters. The molecule has 9 aromatic carbocycles.